The number of benzene rings is 2. The Morgan fingerprint density at radius 1 is 0.852 bits per heavy atom. The first-order valence-electron chi connectivity index (χ1n) is 8.81. The highest BCUT2D eigenvalue weighted by molar-refractivity contribution is 5.86. The Morgan fingerprint density at radius 2 is 1.63 bits per heavy atom. The van der Waals surface area contributed by atoms with Gasteiger partial charge in [-0.1, -0.05) is 42.0 Å². The highest BCUT2D eigenvalue weighted by atomic mass is 16.3. The summed E-state index contributed by atoms with van der Waals surface area (Å²) in [4.78, 5) is 12.9. The number of rotatable bonds is 4. The number of nitrogens with zero attached hydrogens (tertiary/aromatic N) is 3. The molecule has 5 heteroatoms. The lowest BCUT2D eigenvalue weighted by Gasteiger charge is -2.23. The molecule has 0 radical (unpaired) electrons. The lowest BCUT2D eigenvalue weighted by molar-refractivity contribution is 0.471. The fraction of sp³-hybridized carbons (Fsp3) is 0.136. The molecule has 0 bridgehead atoms. The zero-order valence-electron chi connectivity index (χ0n) is 15.2. The molecular weight excluding hydrogens is 336 g/mol. The van der Waals surface area contributed by atoms with Crippen molar-refractivity contribution in [3.05, 3.63) is 89.4 Å². The number of nitrogens with one attached hydrogen (secondary N) is 1. The topological polar surface area (TPSA) is 70.9 Å². The molecule has 2 N–H and O–H groups in total. The number of hydrogen-bond donors (Lipinski definition) is 2. The van der Waals surface area contributed by atoms with E-state index in [4.69, 9.17) is 0 Å². The molecule has 0 spiro atoms. The maximum absolute atomic E-state index is 11.0. The van der Waals surface area contributed by atoms with Crippen molar-refractivity contribution in [1.82, 2.24) is 15.0 Å². The fourth-order valence-corrected chi connectivity index (χ4v) is 3.27. The maximum atomic E-state index is 11.0. The van der Waals surface area contributed by atoms with Gasteiger partial charge in [0, 0.05) is 29.5 Å². The first kappa shape index (κ1) is 17.0. The molecule has 5 nitrogen and oxygen atoms in total. The molecule has 2 heterocycles. The molecule has 0 amide bonds. The highest BCUT2D eigenvalue weighted by Crippen LogP contribution is 2.37. The average molecular weight is 356 g/mol. The minimum atomic E-state index is -0.307. The van der Waals surface area contributed by atoms with Gasteiger partial charge in [0.25, 0.3) is 0 Å². The normalized spacial score (nSPS) is 12.1. The van der Waals surface area contributed by atoms with E-state index in [-0.39, 0.29) is 11.8 Å². The van der Waals surface area contributed by atoms with Crippen LogP contribution in [0.2, 0.25) is 0 Å². The van der Waals surface area contributed by atoms with E-state index in [0.717, 1.165) is 27.6 Å². The highest BCUT2D eigenvalue weighted by Gasteiger charge is 2.22. The lowest BCUT2D eigenvalue weighted by Crippen LogP contribution is -2.16. The quantitative estimate of drug-likeness (QED) is 0.561. The second kappa shape index (κ2) is 7.03. The predicted octanol–water partition coefficient (Wildman–Crippen LogP) is 4.55. The van der Waals surface area contributed by atoms with E-state index in [2.05, 4.69) is 52.3 Å². The number of aryl methyl sites for hydroxylation is 2. The SMILES string of the molecule is Cc1ccc(C)c([C@H](Nc2ncccn2)c2ccc3cccnc3c2O)c1. The molecule has 1 atom stereocenters. The number of aromatic hydroxyl groups is 1. The van der Waals surface area contributed by atoms with E-state index in [1.807, 2.05) is 24.3 Å². The first-order valence-corrected chi connectivity index (χ1v) is 8.81. The molecule has 0 aliphatic carbocycles. The van der Waals surface area contributed by atoms with Crippen LogP contribution in [0, 0.1) is 13.8 Å². The Kier molecular flexibility index (Phi) is 4.42. The van der Waals surface area contributed by atoms with Crippen molar-refractivity contribution in [2.75, 3.05) is 5.32 Å². The minimum absolute atomic E-state index is 0.169. The molecule has 4 rings (SSSR count). The Hall–Kier alpha value is -3.47. The molecule has 27 heavy (non-hydrogen) atoms. The van der Waals surface area contributed by atoms with Gasteiger partial charge in [0.05, 0.1) is 6.04 Å². The summed E-state index contributed by atoms with van der Waals surface area (Å²) in [5.41, 5.74) is 4.65. The molecule has 0 fully saturated rings. The molecule has 134 valence electrons. The first-order chi connectivity index (χ1) is 13.1. The number of fused-ring (bicyclic) bond motifs is 1. The van der Waals surface area contributed by atoms with Gasteiger partial charge in [-0.05, 0) is 37.1 Å². The lowest BCUT2D eigenvalue weighted by atomic mass is 9.92. The van der Waals surface area contributed by atoms with E-state index in [0.29, 0.717) is 11.5 Å². The predicted molar refractivity (Wildman–Crippen MR) is 107 cm³/mol. The number of anilines is 1. The van der Waals surface area contributed by atoms with Crippen LogP contribution in [0.15, 0.2) is 67.1 Å². The van der Waals surface area contributed by atoms with Crippen LogP contribution in [-0.4, -0.2) is 20.1 Å². The molecule has 0 saturated heterocycles. The van der Waals surface area contributed by atoms with Crippen molar-refractivity contribution in [2.45, 2.75) is 19.9 Å². The molecule has 0 aliphatic rings. The van der Waals surface area contributed by atoms with Gasteiger partial charge < -0.3 is 10.4 Å². The summed E-state index contributed by atoms with van der Waals surface area (Å²) in [6.45, 7) is 4.12. The van der Waals surface area contributed by atoms with Gasteiger partial charge >= 0.3 is 0 Å². The third kappa shape index (κ3) is 3.31. The summed E-state index contributed by atoms with van der Waals surface area (Å²) in [6.07, 6.45) is 5.07. The van der Waals surface area contributed by atoms with Crippen LogP contribution in [0.4, 0.5) is 5.95 Å². The van der Waals surface area contributed by atoms with Crippen molar-refractivity contribution in [1.29, 1.82) is 0 Å². The zero-order valence-corrected chi connectivity index (χ0v) is 15.2. The fourth-order valence-electron chi connectivity index (χ4n) is 3.27. The van der Waals surface area contributed by atoms with Crippen molar-refractivity contribution in [3.63, 3.8) is 0 Å². The van der Waals surface area contributed by atoms with Gasteiger partial charge in [0.1, 0.15) is 11.3 Å². The third-order valence-corrected chi connectivity index (χ3v) is 4.68. The van der Waals surface area contributed by atoms with Crippen LogP contribution in [0.25, 0.3) is 10.9 Å². The summed E-state index contributed by atoms with van der Waals surface area (Å²) in [6, 6.07) is 15.5. The Labute approximate surface area is 157 Å². The van der Waals surface area contributed by atoms with Gasteiger partial charge in [0.15, 0.2) is 0 Å². The Balaban J connectivity index is 1.90. The summed E-state index contributed by atoms with van der Waals surface area (Å²) in [7, 11) is 0. The molecule has 4 aromatic rings. The Bertz CT molecular complexity index is 1100. The van der Waals surface area contributed by atoms with Gasteiger partial charge in [0.2, 0.25) is 5.95 Å². The second-order valence-electron chi connectivity index (χ2n) is 6.59. The van der Waals surface area contributed by atoms with Crippen molar-refractivity contribution < 1.29 is 5.11 Å². The number of hydrogen-bond acceptors (Lipinski definition) is 5. The van der Waals surface area contributed by atoms with E-state index in [9.17, 15) is 5.11 Å². The summed E-state index contributed by atoms with van der Waals surface area (Å²) in [5.74, 6) is 0.673. The number of pyridine rings is 1. The summed E-state index contributed by atoms with van der Waals surface area (Å²) >= 11 is 0. The van der Waals surface area contributed by atoms with Gasteiger partial charge in [-0.15, -0.1) is 0 Å². The molecule has 2 aromatic carbocycles. The van der Waals surface area contributed by atoms with Crippen molar-refractivity contribution in [3.8, 4) is 5.75 Å². The monoisotopic (exact) mass is 356 g/mol. The largest absolute Gasteiger partial charge is 0.505 e. The summed E-state index contributed by atoms with van der Waals surface area (Å²) < 4.78 is 0. The Morgan fingerprint density at radius 3 is 2.44 bits per heavy atom. The second-order valence-corrected chi connectivity index (χ2v) is 6.59. The zero-order chi connectivity index (χ0) is 18.8. The molecule has 2 aromatic heterocycles. The number of phenolic OH excluding ortho intramolecular Hbond substituents is 1. The van der Waals surface area contributed by atoms with Crippen LogP contribution < -0.4 is 5.32 Å². The van der Waals surface area contributed by atoms with Gasteiger partial charge in [-0.3, -0.25) is 4.98 Å². The maximum Gasteiger partial charge on any atom is 0.223 e. The number of phenols is 1. The molecule has 0 saturated carbocycles. The van der Waals surface area contributed by atoms with Crippen LogP contribution in [-0.2, 0) is 0 Å². The average Bonchev–Trinajstić information content (AvgIpc) is 2.70. The van der Waals surface area contributed by atoms with Crippen molar-refractivity contribution in [2.24, 2.45) is 0 Å². The molecule has 0 unspecified atom stereocenters. The smallest absolute Gasteiger partial charge is 0.223 e. The third-order valence-electron chi connectivity index (χ3n) is 4.68. The molecular formula is C22H20N4O. The van der Waals surface area contributed by atoms with Crippen LogP contribution in [0.1, 0.15) is 28.3 Å². The van der Waals surface area contributed by atoms with Crippen LogP contribution >= 0.6 is 0 Å². The number of aromatic nitrogens is 3. The summed E-state index contributed by atoms with van der Waals surface area (Å²) in [5, 5.41) is 15.2. The van der Waals surface area contributed by atoms with Crippen molar-refractivity contribution >= 4 is 16.9 Å². The standard InChI is InChI=1S/C22H20N4O/c1-14-6-7-15(2)18(13-14)20(26-22-24-11-4-12-25-22)17-9-8-16-5-3-10-23-19(16)21(17)27/h3-13,20,27H,1-2H3,(H,24,25,26)/t20-/m1/s1. The van der Waals surface area contributed by atoms with Crippen LogP contribution in [0.5, 0.6) is 5.75 Å². The van der Waals surface area contributed by atoms with E-state index in [1.165, 1.54) is 0 Å². The van der Waals surface area contributed by atoms with Crippen LogP contribution in [0.3, 0.4) is 0 Å². The molecule has 0 aliphatic heterocycles. The van der Waals surface area contributed by atoms with Gasteiger partial charge in [-0.2, -0.15) is 0 Å². The van der Waals surface area contributed by atoms with E-state index >= 15 is 0 Å². The van der Waals surface area contributed by atoms with E-state index in [1.54, 1.807) is 24.7 Å². The van der Waals surface area contributed by atoms with E-state index < -0.39 is 0 Å². The van der Waals surface area contributed by atoms with Gasteiger partial charge in [-0.25, -0.2) is 9.97 Å². The minimum Gasteiger partial charge on any atom is -0.505 e.